The van der Waals surface area contributed by atoms with E-state index in [2.05, 4.69) is 22.4 Å². The number of nitriles is 1. The van der Waals surface area contributed by atoms with Gasteiger partial charge in [-0.2, -0.15) is 5.26 Å². The molecule has 0 spiro atoms. The number of anilines is 1. The van der Waals surface area contributed by atoms with Gasteiger partial charge in [0.1, 0.15) is 11.9 Å². The highest BCUT2D eigenvalue weighted by Crippen LogP contribution is 2.29. The van der Waals surface area contributed by atoms with Crippen molar-refractivity contribution in [3.8, 4) is 6.07 Å². The Kier molecular flexibility index (Phi) is 2.77. The Balaban J connectivity index is 1.96. The first-order valence-electron chi connectivity index (χ1n) is 5.78. The van der Waals surface area contributed by atoms with Gasteiger partial charge in [-0.1, -0.05) is 0 Å². The van der Waals surface area contributed by atoms with Crippen LogP contribution >= 0.6 is 11.3 Å². The van der Waals surface area contributed by atoms with E-state index in [1.54, 1.807) is 17.4 Å². The average Bonchev–Trinajstić information content (AvgIpc) is 2.85. The third-order valence-electron chi connectivity index (χ3n) is 3.23. The van der Waals surface area contributed by atoms with E-state index >= 15 is 0 Å². The second-order valence-corrected chi connectivity index (χ2v) is 5.31. The van der Waals surface area contributed by atoms with Crippen LogP contribution in [0.2, 0.25) is 0 Å². The molecular weight excluding hydrogens is 247 g/mol. The summed E-state index contributed by atoms with van der Waals surface area (Å²) in [5.74, 6) is -0.358. The normalized spacial score (nSPS) is 14.1. The zero-order valence-corrected chi connectivity index (χ0v) is 10.5. The highest BCUT2D eigenvalue weighted by atomic mass is 32.1. The van der Waals surface area contributed by atoms with Crippen LogP contribution in [-0.4, -0.2) is 6.54 Å². The van der Waals surface area contributed by atoms with Crippen LogP contribution in [-0.2, 0) is 13.0 Å². The minimum Gasteiger partial charge on any atom is -0.366 e. The third-order valence-corrected chi connectivity index (χ3v) is 4.25. The van der Waals surface area contributed by atoms with Crippen molar-refractivity contribution in [1.29, 1.82) is 5.26 Å². The van der Waals surface area contributed by atoms with E-state index in [0.29, 0.717) is 5.56 Å². The lowest BCUT2D eigenvalue weighted by molar-refractivity contribution is 0.626. The molecule has 2 aromatic rings. The van der Waals surface area contributed by atoms with E-state index in [4.69, 9.17) is 5.26 Å². The van der Waals surface area contributed by atoms with Crippen LogP contribution in [0.1, 0.15) is 16.0 Å². The molecule has 0 unspecified atom stereocenters. The van der Waals surface area contributed by atoms with Gasteiger partial charge in [-0.3, -0.25) is 0 Å². The van der Waals surface area contributed by atoms with Gasteiger partial charge < -0.3 is 4.90 Å². The predicted octanol–water partition coefficient (Wildman–Crippen LogP) is 3.32. The number of hydrogen-bond acceptors (Lipinski definition) is 3. The molecule has 18 heavy (non-hydrogen) atoms. The third kappa shape index (κ3) is 1.87. The summed E-state index contributed by atoms with van der Waals surface area (Å²) in [7, 11) is 0. The Morgan fingerprint density at radius 1 is 1.33 bits per heavy atom. The smallest absolute Gasteiger partial charge is 0.124 e. The Morgan fingerprint density at radius 2 is 2.22 bits per heavy atom. The number of hydrogen-bond donors (Lipinski definition) is 0. The molecule has 0 radical (unpaired) electrons. The number of benzene rings is 1. The van der Waals surface area contributed by atoms with Gasteiger partial charge in [-0.05, 0) is 41.6 Å². The van der Waals surface area contributed by atoms with Gasteiger partial charge in [0.25, 0.3) is 0 Å². The topological polar surface area (TPSA) is 27.0 Å². The molecule has 0 fully saturated rings. The van der Waals surface area contributed by atoms with Crippen molar-refractivity contribution < 1.29 is 4.39 Å². The minimum atomic E-state index is -0.358. The monoisotopic (exact) mass is 258 g/mol. The molecule has 90 valence electrons. The Morgan fingerprint density at radius 3 is 3.06 bits per heavy atom. The lowest BCUT2D eigenvalue weighted by Crippen LogP contribution is -2.30. The maximum atomic E-state index is 13.1. The average molecular weight is 258 g/mol. The molecule has 1 aromatic carbocycles. The summed E-state index contributed by atoms with van der Waals surface area (Å²) in [6.07, 6.45) is 0.995. The van der Waals surface area contributed by atoms with E-state index in [1.807, 2.05) is 0 Å². The van der Waals surface area contributed by atoms with E-state index < -0.39 is 0 Å². The summed E-state index contributed by atoms with van der Waals surface area (Å²) in [6, 6.07) is 8.62. The van der Waals surface area contributed by atoms with Gasteiger partial charge in [-0.15, -0.1) is 11.3 Å². The van der Waals surface area contributed by atoms with Crippen molar-refractivity contribution in [2.75, 3.05) is 11.4 Å². The summed E-state index contributed by atoms with van der Waals surface area (Å²) in [5, 5.41) is 11.2. The van der Waals surface area contributed by atoms with E-state index in [1.165, 1.54) is 22.6 Å². The van der Waals surface area contributed by atoms with Crippen LogP contribution in [0, 0.1) is 17.1 Å². The molecule has 0 aliphatic carbocycles. The highest BCUT2D eigenvalue weighted by molar-refractivity contribution is 7.10. The van der Waals surface area contributed by atoms with Gasteiger partial charge >= 0.3 is 0 Å². The number of rotatable bonds is 1. The molecule has 1 aromatic heterocycles. The first-order chi connectivity index (χ1) is 8.78. The van der Waals surface area contributed by atoms with Crippen molar-refractivity contribution in [1.82, 2.24) is 0 Å². The minimum absolute atomic E-state index is 0.358. The molecule has 1 aliphatic rings. The van der Waals surface area contributed by atoms with Crippen LogP contribution in [0.4, 0.5) is 10.1 Å². The molecule has 1 aliphatic heterocycles. The molecule has 0 amide bonds. The first-order valence-corrected chi connectivity index (χ1v) is 6.66. The second-order valence-electron chi connectivity index (χ2n) is 4.31. The lowest BCUT2D eigenvalue weighted by Gasteiger charge is -2.29. The zero-order chi connectivity index (χ0) is 12.5. The fraction of sp³-hybridized carbons (Fsp3) is 0.214. The standard InChI is InChI=1S/C14H11FN2S/c15-12-1-2-13(11(7-12)8-16)17-5-3-14-10(9-17)4-6-18-14/h1-2,4,6-7H,3,5,9H2. The molecule has 2 nitrogen and oxygen atoms in total. The predicted molar refractivity (Wildman–Crippen MR) is 70.2 cm³/mol. The molecule has 0 saturated heterocycles. The quantitative estimate of drug-likeness (QED) is 0.784. The van der Waals surface area contributed by atoms with Crippen molar-refractivity contribution in [3.05, 3.63) is 51.5 Å². The zero-order valence-electron chi connectivity index (χ0n) is 9.69. The maximum Gasteiger partial charge on any atom is 0.124 e. The van der Waals surface area contributed by atoms with Crippen molar-refractivity contribution in [3.63, 3.8) is 0 Å². The first kappa shape index (κ1) is 11.2. The Labute approximate surface area is 109 Å². The fourth-order valence-electron chi connectivity index (χ4n) is 2.33. The summed E-state index contributed by atoms with van der Waals surface area (Å²) in [5.41, 5.74) is 2.56. The van der Waals surface area contributed by atoms with Crippen molar-refractivity contribution in [2.45, 2.75) is 13.0 Å². The summed E-state index contributed by atoms with van der Waals surface area (Å²) in [6.45, 7) is 1.69. The van der Waals surface area contributed by atoms with Gasteiger partial charge in [0.05, 0.1) is 11.3 Å². The van der Waals surface area contributed by atoms with Crippen LogP contribution in [0.15, 0.2) is 29.6 Å². The number of thiophene rings is 1. The maximum absolute atomic E-state index is 13.1. The summed E-state index contributed by atoms with van der Waals surface area (Å²) >= 11 is 1.78. The van der Waals surface area contributed by atoms with Crippen LogP contribution in [0.25, 0.3) is 0 Å². The molecule has 0 bridgehead atoms. The number of fused-ring (bicyclic) bond motifs is 1. The van der Waals surface area contributed by atoms with Gasteiger partial charge in [-0.25, -0.2) is 4.39 Å². The van der Waals surface area contributed by atoms with Crippen LogP contribution in [0.5, 0.6) is 0 Å². The molecule has 0 saturated carbocycles. The Bertz CT molecular complexity index is 627. The Hall–Kier alpha value is -1.86. The molecule has 0 atom stereocenters. The van der Waals surface area contributed by atoms with Gasteiger partial charge in [0, 0.05) is 18.0 Å². The van der Waals surface area contributed by atoms with Crippen molar-refractivity contribution >= 4 is 17.0 Å². The van der Waals surface area contributed by atoms with E-state index in [0.717, 1.165) is 25.2 Å². The SMILES string of the molecule is N#Cc1cc(F)ccc1N1CCc2sccc2C1. The molecule has 2 heterocycles. The number of halogens is 1. The lowest BCUT2D eigenvalue weighted by atomic mass is 10.1. The van der Waals surface area contributed by atoms with Gasteiger partial charge in [0.2, 0.25) is 0 Å². The highest BCUT2D eigenvalue weighted by Gasteiger charge is 2.19. The fourth-order valence-corrected chi connectivity index (χ4v) is 3.22. The molecular formula is C14H11FN2S. The molecule has 0 N–H and O–H groups in total. The van der Waals surface area contributed by atoms with Crippen LogP contribution < -0.4 is 4.90 Å². The van der Waals surface area contributed by atoms with Crippen LogP contribution in [0.3, 0.4) is 0 Å². The van der Waals surface area contributed by atoms with E-state index in [-0.39, 0.29) is 5.82 Å². The summed E-state index contributed by atoms with van der Waals surface area (Å²) < 4.78 is 13.1. The van der Waals surface area contributed by atoms with Gasteiger partial charge in [0.15, 0.2) is 0 Å². The molecule has 4 heteroatoms. The molecule has 3 rings (SSSR count). The second kappa shape index (κ2) is 4.43. The summed E-state index contributed by atoms with van der Waals surface area (Å²) in [4.78, 5) is 3.57. The van der Waals surface area contributed by atoms with E-state index in [9.17, 15) is 4.39 Å². The largest absolute Gasteiger partial charge is 0.366 e. The number of nitrogens with zero attached hydrogens (tertiary/aromatic N) is 2. The van der Waals surface area contributed by atoms with Crippen molar-refractivity contribution in [2.24, 2.45) is 0 Å².